The first-order chi connectivity index (χ1) is 13.5. The molecule has 3 fully saturated rings. The van der Waals surface area contributed by atoms with Gasteiger partial charge in [0.1, 0.15) is 11.6 Å². The Bertz CT molecular complexity index is 750. The Morgan fingerprint density at radius 3 is 2.45 bits per heavy atom. The Hall–Kier alpha value is -1.89. The fourth-order valence-corrected chi connectivity index (χ4v) is 5.57. The number of hydrogen-bond acceptors (Lipinski definition) is 4. The molecule has 2 saturated heterocycles. The maximum absolute atomic E-state index is 13.5. The van der Waals surface area contributed by atoms with Gasteiger partial charge in [-0.1, -0.05) is 25.0 Å². The number of nitrogens with one attached hydrogen (secondary N) is 2. The molecule has 7 heteroatoms. The SMILES string of the molecule is CC(C)N1C(=O)[C@@H]2[C@H](C(=O)NC3CCCC3)[C@H]3C=C[C@@]2(O3)[C@@H]1C(=O)NC(C)(C)C. The van der Waals surface area contributed by atoms with Crippen LogP contribution in [0.4, 0.5) is 0 Å². The number of ether oxygens (including phenoxy) is 1. The Labute approximate surface area is 172 Å². The van der Waals surface area contributed by atoms with Gasteiger partial charge in [0.25, 0.3) is 0 Å². The van der Waals surface area contributed by atoms with E-state index in [0.29, 0.717) is 0 Å². The molecule has 1 spiro atoms. The second-order valence-electron chi connectivity index (χ2n) is 10.3. The normalized spacial score (nSPS) is 36.2. The van der Waals surface area contributed by atoms with Gasteiger partial charge in [0.2, 0.25) is 17.7 Å². The molecule has 3 aliphatic heterocycles. The number of hydrogen-bond donors (Lipinski definition) is 2. The van der Waals surface area contributed by atoms with Crippen LogP contribution in [0.15, 0.2) is 12.2 Å². The van der Waals surface area contributed by atoms with E-state index < -0.39 is 35.1 Å². The van der Waals surface area contributed by atoms with Crippen molar-refractivity contribution in [2.45, 2.75) is 95.7 Å². The van der Waals surface area contributed by atoms with E-state index in [-0.39, 0.29) is 29.8 Å². The summed E-state index contributed by atoms with van der Waals surface area (Å²) in [4.78, 5) is 41.6. The van der Waals surface area contributed by atoms with Crippen LogP contribution in [0.1, 0.15) is 60.3 Å². The molecule has 0 unspecified atom stereocenters. The molecule has 5 atom stereocenters. The molecule has 3 amide bonds. The third-order valence-corrected chi connectivity index (χ3v) is 6.62. The van der Waals surface area contributed by atoms with Crippen molar-refractivity contribution in [3.8, 4) is 0 Å². The molecule has 1 saturated carbocycles. The van der Waals surface area contributed by atoms with Gasteiger partial charge >= 0.3 is 0 Å². The number of rotatable bonds is 4. The van der Waals surface area contributed by atoms with E-state index >= 15 is 0 Å². The van der Waals surface area contributed by atoms with E-state index in [2.05, 4.69) is 10.6 Å². The summed E-state index contributed by atoms with van der Waals surface area (Å²) in [5.74, 6) is -1.75. The average Bonchev–Trinajstić information content (AvgIpc) is 3.34. The molecule has 0 aromatic rings. The van der Waals surface area contributed by atoms with Crippen molar-refractivity contribution in [1.82, 2.24) is 15.5 Å². The van der Waals surface area contributed by atoms with Gasteiger partial charge in [0, 0.05) is 17.6 Å². The highest BCUT2D eigenvalue weighted by Gasteiger charge is 2.73. The second-order valence-corrected chi connectivity index (χ2v) is 10.3. The first kappa shape index (κ1) is 20.4. The predicted molar refractivity (Wildman–Crippen MR) is 108 cm³/mol. The average molecular weight is 404 g/mol. The highest BCUT2D eigenvalue weighted by molar-refractivity contribution is 6.00. The van der Waals surface area contributed by atoms with Crippen molar-refractivity contribution in [2.24, 2.45) is 11.8 Å². The summed E-state index contributed by atoms with van der Waals surface area (Å²) >= 11 is 0. The van der Waals surface area contributed by atoms with Gasteiger partial charge in [-0.3, -0.25) is 14.4 Å². The minimum atomic E-state index is -1.07. The molecule has 160 valence electrons. The third-order valence-electron chi connectivity index (χ3n) is 6.62. The van der Waals surface area contributed by atoms with Gasteiger partial charge in [-0.25, -0.2) is 0 Å². The summed E-state index contributed by atoms with van der Waals surface area (Å²) in [7, 11) is 0. The van der Waals surface area contributed by atoms with Crippen LogP contribution in [0.3, 0.4) is 0 Å². The first-order valence-electron chi connectivity index (χ1n) is 10.9. The van der Waals surface area contributed by atoms with Crippen LogP contribution in [0.2, 0.25) is 0 Å². The molecule has 7 nitrogen and oxygen atoms in total. The maximum atomic E-state index is 13.5. The van der Waals surface area contributed by atoms with Crippen molar-refractivity contribution >= 4 is 17.7 Å². The maximum Gasteiger partial charge on any atom is 0.246 e. The standard InChI is InChI=1S/C22H33N3O4/c1-12(2)25-17(19(27)24-21(3,4)5)22-11-10-14(29-22)15(16(22)20(25)28)18(26)23-13-8-6-7-9-13/h10-17H,6-9H2,1-5H3,(H,23,26)(H,24,27)/t14-,15-,16+,17+,22+/m1/s1. The van der Waals surface area contributed by atoms with Crippen LogP contribution in [0, 0.1) is 11.8 Å². The molecule has 0 radical (unpaired) electrons. The van der Waals surface area contributed by atoms with Crippen molar-refractivity contribution in [1.29, 1.82) is 0 Å². The van der Waals surface area contributed by atoms with Gasteiger partial charge < -0.3 is 20.3 Å². The molecule has 1 aliphatic carbocycles. The van der Waals surface area contributed by atoms with Gasteiger partial charge in [0.05, 0.1) is 17.9 Å². The molecular weight excluding hydrogens is 370 g/mol. The first-order valence-corrected chi connectivity index (χ1v) is 10.9. The van der Waals surface area contributed by atoms with E-state index in [1.54, 1.807) is 4.90 Å². The van der Waals surface area contributed by atoms with Crippen LogP contribution in [-0.4, -0.2) is 58.0 Å². The zero-order chi connectivity index (χ0) is 21.1. The molecular formula is C22H33N3O4. The Kier molecular flexibility index (Phi) is 4.80. The van der Waals surface area contributed by atoms with E-state index in [1.165, 1.54) is 0 Å². The third kappa shape index (κ3) is 3.18. The van der Waals surface area contributed by atoms with Crippen LogP contribution in [0.25, 0.3) is 0 Å². The smallest absolute Gasteiger partial charge is 0.246 e. The lowest BCUT2D eigenvalue weighted by Crippen LogP contribution is -2.59. The van der Waals surface area contributed by atoms with Gasteiger partial charge in [-0.05, 0) is 47.5 Å². The summed E-state index contributed by atoms with van der Waals surface area (Å²) in [6.07, 6.45) is 7.48. The quantitative estimate of drug-likeness (QED) is 0.697. The largest absolute Gasteiger partial charge is 0.359 e. The Morgan fingerprint density at radius 1 is 1.21 bits per heavy atom. The summed E-state index contributed by atoms with van der Waals surface area (Å²) in [6, 6.07) is -0.767. The number of amides is 3. The number of nitrogens with zero attached hydrogens (tertiary/aromatic N) is 1. The van der Waals surface area contributed by atoms with Crippen molar-refractivity contribution in [2.75, 3.05) is 0 Å². The van der Waals surface area contributed by atoms with E-state index in [1.807, 2.05) is 46.8 Å². The Morgan fingerprint density at radius 2 is 1.86 bits per heavy atom. The highest BCUT2D eigenvalue weighted by Crippen LogP contribution is 2.55. The minimum Gasteiger partial charge on any atom is -0.359 e. The van der Waals surface area contributed by atoms with E-state index in [0.717, 1.165) is 25.7 Å². The Balaban J connectivity index is 1.66. The number of fused-ring (bicyclic) bond motifs is 1. The number of carbonyl (C=O) groups is 3. The van der Waals surface area contributed by atoms with Crippen LogP contribution < -0.4 is 10.6 Å². The fraction of sp³-hybridized carbons (Fsp3) is 0.773. The van der Waals surface area contributed by atoms with E-state index in [4.69, 9.17) is 4.74 Å². The lowest BCUT2D eigenvalue weighted by molar-refractivity contribution is -0.144. The van der Waals surface area contributed by atoms with Crippen molar-refractivity contribution in [3.05, 3.63) is 12.2 Å². The number of likely N-dealkylation sites (tertiary alicyclic amines) is 1. The summed E-state index contributed by atoms with van der Waals surface area (Å²) < 4.78 is 6.29. The van der Waals surface area contributed by atoms with Gasteiger partial charge in [0.15, 0.2) is 0 Å². The molecule has 3 heterocycles. The highest BCUT2D eigenvalue weighted by atomic mass is 16.5. The van der Waals surface area contributed by atoms with Crippen LogP contribution in [0.5, 0.6) is 0 Å². The lowest BCUT2D eigenvalue weighted by Gasteiger charge is -2.36. The topological polar surface area (TPSA) is 87.7 Å². The summed E-state index contributed by atoms with van der Waals surface area (Å²) in [6.45, 7) is 9.54. The molecule has 29 heavy (non-hydrogen) atoms. The molecule has 4 aliphatic rings. The lowest BCUT2D eigenvalue weighted by atomic mass is 9.74. The molecule has 4 rings (SSSR count). The predicted octanol–water partition coefficient (Wildman–Crippen LogP) is 1.52. The summed E-state index contributed by atoms with van der Waals surface area (Å²) in [5, 5.41) is 6.15. The summed E-state index contributed by atoms with van der Waals surface area (Å²) in [5.41, 5.74) is -1.50. The molecule has 0 aromatic carbocycles. The van der Waals surface area contributed by atoms with Gasteiger partial charge in [-0.2, -0.15) is 0 Å². The van der Waals surface area contributed by atoms with Crippen LogP contribution in [-0.2, 0) is 19.1 Å². The van der Waals surface area contributed by atoms with Crippen LogP contribution >= 0.6 is 0 Å². The molecule has 0 aromatic heterocycles. The second kappa shape index (κ2) is 6.83. The van der Waals surface area contributed by atoms with Crippen molar-refractivity contribution < 1.29 is 19.1 Å². The number of carbonyl (C=O) groups excluding carboxylic acids is 3. The van der Waals surface area contributed by atoms with E-state index in [9.17, 15) is 14.4 Å². The molecule has 2 N–H and O–H groups in total. The van der Waals surface area contributed by atoms with Gasteiger partial charge in [-0.15, -0.1) is 0 Å². The zero-order valence-electron chi connectivity index (χ0n) is 18.0. The monoisotopic (exact) mass is 403 g/mol. The fourth-order valence-electron chi connectivity index (χ4n) is 5.57. The minimum absolute atomic E-state index is 0.118. The van der Waals surface area contributed by atoms with Crippen molar-refractivity contribution in [3.63, 3.8) is 0 Å². The molecule has 2 bridgehead atoms. The zero-order valence-corrected chi connectivity index (χ0v) is 18.0.